The average Bonchev–Trinajstić information content (AvgIpc) is 2.77. The molecule has 0 spiro atoms. The van der Waals surface area contributed by atoms with Crippen LogP contribution >= 0.6 is 23.5 Å². The van der Waals surface area contributed by atoms with E-state index in [1.165, 1.54) is 35.9 Å². The van der Waals surface area contributed by atoms with E-state index in [1.54, 1.807) is 0 Å². The predicted molar refractivity (Wildman–Crippen MR) is 91.3 cm³/mol. The lowest BCUT2D eigenvalue weighted by Gasteiger charge is -2.25. The standard InChI is InChI=1S/C14H23N3O4S2/c18-11(15-4-5-17-13(20)9-23-14(17)21)7-22-8-12(19)16-6-10-2-1-3-10/h10,13,20H,1-9H2,(H,15,18)(H,16,19). The van der Waals surface area contributed by atoms with Crippen molar-refractivity contribution in [2.24, 2.45) is 5.92 Å². The second kappa shape index (κ2) is 9.39. The Hall–Kier alpha value is -0.930. The van der Waals surface area contributed by atoms with Gasteiger partial charge in [-0.2, -0.15) is 0 Å². The van der Waals surface area contributed by atoms with Crippen LogP contribution in [0.15, 0.2) is 0 Å². The van der Waals surface area contributed by atoms with Crippen LogP contribution in [0.2, 0.25) is 0 Å². The molecule has 7 nitrogen and oxygen atoms in total. The summed E-state index contributed by atoms with van der Waals surface area (Å²) in [5.74, 6) is 1.29. The Morgan fingerprint density at radius 3 is 2.52 bits per heavy atom. The summed E-state index contributed by atoms with van der Waals surface area (Å²) < 4.78 is 0. The zero-order chi connectivity index (χ0) is 16.7. The summed E-state index contributed by atoms with van der Waals surface area (Å²) in [5, 5.41) is 15.0. The van der Waals surface area contributed by atoms with Crippen LogP contribution in [0.4, 0.5) is 4.79 Å². The molecule has 0 radical (unpaired) electrons. The van der Waals surface area contributed by atoms with Crippen molar-refractivity contribution < 1.29 is 19.5 Å². The molecule has 1 saturated carbocycles. The van der Waals surface area contributed by atoms with E-state index < -0.39 is 6.23 Å². The molecule has 2 rings (SSSR count). The van der Waals surface area contributed by atoms with Crippen molar-refractivity contribution in [3.63, 3.8) is 0 Å². The zero-order valence-electron chi connectivity index (χ0n) is 13.0. The van der Waals surface area contributed by atoms with Crippen LogP contribution < -0.4 is 10.6 Å². The molecule has 1 heterocycles. The SMILES string of the molecule is O=C(CSCC(=O)NCC1CCC1)NCCN1C(=O)SCC1O. The first-order valence-corrected chi connectivity index (χ1v) is 9.93. The van der Waals surface area contributed by atoms with Gasteiger partial charge in [0.1, 0.15) is 6.23 Å². The van der Waals surface area contributed by atoms with Crippen LogP contribution in [0, 0.1) is 5.92 Å². The molecule has 1 aliphatic heterocycles. The quantitative estimate of drug-likeness (QED) is 0.544. The van der Waals surface area contributed by atoms with E-state index in [4.69, 9.17) is 0 Å². The number of nitrogens with one attached hydrogen (secondary N) is 2. The van der Waals surface area contributed by atoms with Crippen molar-refractivity contribution in [3.05, 3.63) is 0 Å². The Balaban J connectivity index is 1.48. The highest BCUT2D eigenvalue weighted by atomic mass is 32.2. The third kappa shape index (κ3) is 6.23. The minimum Gasteiger partial charge on any atom is -0.373 e. The van der Waals surface area contributed by atoms with Crippen molar-refractivity contribution in [3.8, 4) is 0 Å². The Morgan fingerprint density at radius 1 is 1.26 bits per heavy atom. The number of rotatable bonds is 9. The van der Waals surface area contributed by atoms with E-state index >= 15 is 0 Å². The smallest absolute Gasteiger partial charge is 0.283 e. The molecular formula is C14H23N3O4S2. The van der Waals surface area contributed by atoms with E-state index in [1.807, 2.05) is 0 Å². The predicted octanol–water partition coefficient (Wildman–Crippen LogP) is 0.239. The first kappa shape index (κ1) is 18.4. The van der Waals surface area contributed by atoms with Crippen molar-refractivity contribution in [1.29, 1.82) is 0 Å². The molecule has 0 aromatic carbocycles. The van der Waals surface area contributed by atoms with Crippen LogP contribution in [-0.2, 0) is 9.59 Å². The van der Waals surface area contributed by atoms with Gasteiger partial charge in [-0.15, -0.1) is 11.8 Å². The fourth-order valence-corrected chi connectivity index (χ4v) is 3.82. The van der Waals surface area contributed by atoms with Gasteiger partial charge in [-0.3, -0.25) is 14.4 Å². The molecule has 2 fully saturated rings. The van der Waals surface area contributed by atoms with Crippen LogP contribution in [0.3, 0.4) is 0 Å². The number of hydrogen-bond donors (Lipinski definition) is 3. The van der Waals surface area contributed by atoms with E-state index in [-0.39, 0.29) is 28.6 Å². The summed E-state index contributed by atoms with van der Waals surface area (Å²) in [7, 11) is 0. The maximum atomic E-state index is 11.6. The van der Waals surface area contributed by atoms with Crippen molar-refractivity contribution >= 4 is 40.6 Å². The first-order valence-electron chi connectivity index (χ1n) is 7.79. The van der Waals surface area contributed by atoms with Crippen molar-refractivity contribution in [2.45, 2.75) is 25.5 Å². The molecule has 9 heteroatoms. The molecule has 1 aliphatic carbocycles. The lowest BCUT2D eigenvalue weighted by atomic mass is 9.85. The number of carbonyl (C=O) groups is 3. The monoisotopic (exact) mass is 361 g/mol. The van der Waals surface area contributed by atoms with E-state index in [9.17, 15) is 19.5 Å². The van der Waals surface area contributed by atoms with Gasteiger partial charge in [-0.25, -0.2) is 0 Å². The minimum atomic E-state index is -0.766. The van der Waals surface area contributed by atoms with Gasteiger partial charge in [0.15, 0.2) is 0 Å². The van der Waals surface area contributed by atoms with Crippen LogP contribution in [0.5, 0.6) is 0 Å². The van der Waals surface area contributed by atoms with Gasteiger partial charge in [0, 0.05) is 25.4 Å². The molecule has 23 heavy (non-hydrogen) atoms. The van der Waals surface area contributed by atoms with Crippen LogP contribution in [0.1, 0.15) is 19.3 Å². The van der Waals surface area contributed by atoms with Gasteiger partial charge in [0.25, 0.3) is 5.24 Å². The second-order valence-electron chi connectivity index (χ2n) is 5.69. The molecular weight excluding hydrogens is 338 g/mol. The number of hydrogen-bond acceptors (Lipinski definition) is 6. The normalized spacial score (nSPS) is 21.2. The van der Waals surface area contributed by atoms with Crippen LogP contribution in [0.25, 0.3) is 0 Å². The molecule has 1 unspecified atom stereocenters. The van der Waals surface area contributed by atoms with E-state index in [2.05, 4.69) is 10.6 Å². The third-order valence-corrected chi connectivity index (χ3v) is 5.78. The van der Waals surface area contributed by atoms with Gasteiger partial charge in [0.2, 0.25) is 11.8 Å². The number of aliphatic hydroxyl groups excluding tert-OH is 1. The van der Waals surface area contributed by atoms with Gasteiger partial charge in [-0.1, -0.05) is 18.2 Å². The van der Waals surface area contributed by atoms with E-state index in [0.29, 0.717) is 24.8 Å². The fraction of sp³-hybridized carbons (Fsp3) is 0.786. The summed E-state index contributed by atoms with van der Waals surface area (Å²) >= 11 is 2.35. The van der Waals surface area contributed by atoms with Gasteiger partial charge >= 0.3 is 0 Å². The number of aliphatic hydroxyl groups is 1. The average molecular weight is 361 g/mol. The molecule has 1 saturated heterocycles. The second-order valence-corrected chi connectivity index (χ2v) is 7.65. The highest BCUT2D eigenvalue weighted by Gasteiger charge is 2.29. The molecule has 0 aromatic heterocycles. The Morgan fingerprint density at radius 2 is 1.96 bits per heavy atom. The summed E-state index contributed by atoms with van der Waals surface area (Å²) in [4.78, 5) is 36.0. The number of carbonyl (C=O) groups excluding carboxylic acids is 3. The lowest BCUT2D eigenvalue weighted by molar-refractivity contribution is -0.119. The number of amides is 3. The maximum Gasteiger partial charge on any atom is 0.283 e. The fourth-order valence-electron chi connectivity index (χ4n) is 2.29. The molecule has 1 atom stereocenters. The zero-order valence-corrected chi connectivity index (χ0v) is 14.6. The molecule has 2 aliphatic rings. The summed E-state index contributed by atoms with van der Waals surface area (Å²) in [5.41, 5.74) is 0. The minimum absolute atomic E-state index is 0.0301. The first-order chi connectivity index (χ1) is 11.1. The van der Waals surface area contributed by atoms with Crippen LogP contribution in [-0.4, -0.2) is 70.2 Å². The largest absolute Gasteiger partial charge is 0.373 e. The summed E-state index contributed by atoms with van der Waals surface area (Å²) in [6.07, 6.45) is 2.89. The van der Waals surface area contributed by atoms with Gasteiger partial charge in [0.05, 0.1) is 11.5 Å². The lowest BCUT2D eigenvalue weighted by Crippen LogP contribution is -2.40. The number of thioether (sulfide) groups is 2. The van der Waals surface area contributed by atoms with Gasteiger partial charge in [-0.05, 0) is 18.8 Å². The van der Waals surface area contributed by atoms with E-state index in [0.717, 1.165) is 18.3 Å². The molecule has 130 valence electrons. The highest BCUT2D eigenvalue weighted by molar-refractivity contribution is 8.13. The number of nitrogens with zero attached hydrogens (tertiary/aromatic N) is 1. The molecule has 0 aromatic rings. The molecule has 3 N–H and O–H groups in total. The van der Waals surface area contributed by atoms with Crippen molar-refractivity contribution in [2.75, 3.05) is 36.9 Å². The topological polar surface area (TPSA) is 98.7 Å². The highest BCUT2D eigenvalue weighted by Crippen LogP contribution is 2.25. The summed E-state index contributed by atoms with van der Waals surface area (Å²) in [6.45, 7) is 1.34. The molecule has 0 bridgehead atoms. The van der Waals surface area contributed by atoms with Crippen molar-refractivity contribution in [1.82, 2.24) is 15.5 Å². The molecule has 3 amide bonds. The maximum absolute atomic E-state index is 11.6. The third-order valence-electron chi connectivity index (χ3n) is 3.90. The Kier molecular flexibility index (Phi) is 7.51. The Bertz CT molecular complexity index is 446. The summed E-state index contributed by atoms with van der Waals surface area (Å²) in [6, 6.07) is 0. The van der Waals surface area contributed by atoms with Gasteiger partial charge < -0.3 is 20.6 Å². The Labute approximate surface area is 144 Å².